The van der Waals surface area contributed by atoms with Crippen molar-refractivity contribution in [3.05, 3.63) is 84.8 Å². The van der Waals surface area contributed by atoms with Gasteiger partial charge in [0.05, 0.1) is 11.3 Å². The van der Waals surface area contributed by atoms with Gasteiger partial charge < -0.3 is 11.5 Å². The number of hydrogen-bond acceptors (Lipinski definition) is 6. The number of nitrogens with two attached hydrogens (primary N) is 2. The maximum atomic E-state index is 6.18. The number of rotatable bonds is 4. The number of aromatic nitrogens is 5. The Balaban J connectivity index is 1.79. The van der Waals surface area contributed by atoms with Gasteiger partial charge in [0.15, 0.2) is 11.5 Å². The maximum absolute atomic E-state index is 6.18. The first-order valence-corrected chi connectivity index (χ1v) is 9.55. The van der Waals surface area contributed by atoms with E-state index in [2.05, 4.69) is 9.97 Å². The number of hydrogen-bond donors (Lipinski definition) is 2. The first-order chi connectivity index (χ1) is 14.7. The highest BCUT2D eigenvalue weighted by Gasteiger charge is 2.18. The van der Waals surface area contributed by atoms with E-state index >= 15 is 0 Å². The van der Waals surface area contributed by atoms with E-state index in [1.165, 1.54) is 0 Å². The SMILES string of the molecule is NCc1ccc(-n2c(-c3cccnc3N)nc3ccc(-c4cccnc4)nc32)cc1. The van der Waals surface area contributed by atoms with Crippen LogP contribution in [-0.4, -0.2) is 24.5 Å². The van der Waals surface area contributed by atoms with Crippen LogP contribution in [0.1, 0.15) is 5.56 Å². The molecule has 5 aromatic rings. The molecule has 0 saturated carbocycles. The van der Waals surface area contributed by atoms with Gasteiger partial charge in [-0.1, -0.05) is 12.1 Å². The predicted octanol–water partition coefficient (Wildman–Crippen LogP) is 3.59. The van der Waals surface area contributed by atoms with Crippen LogP contribution in [0.3, 0.4) is 0 Å². The number of benzene rings is 1. The molecule has 0 amide bonds. The highest BCUT2D eigenvalue weighted by Crippen LogP contribution is 2.31. The summed E-state index contributed by atoms with van der Waals surface area (Å²) in [5.74, 6) is 1.10. The molecule has 0 aliphatic heterocycles. The van der Waals surface area contributed by atoms with Crippen LogP contribution in [0.4, 0.5) is 5.82 Å². The Kier molecular flexibility index (Phi) is 4.42. The molecule has 0 radical (unpaired) electrons. The van der Waals surface area contributed by atoms with E-state index in [0.29, 0.717) is 18.2 Å². The summed E-state index contributed by atoms with van der Waals surface area (Å²) in [6.45, 7) is 0.483. The zero-order valence-corrected chi connectivity index (χ0v) is 16.1. The molecule has 0 aliphatic rings. The molecule has 0 atom stereocenters. The van der Waals surface area contributed by atoms with Crippen molar-refractivity contribution in [3.63, 3.8) is 0 Å². The van der Waals surface area contributed by atoms with Crippen LogP contribution in [0, 0.1) is 0 Å². The summed E-state index contributed by atoms with van der Waals surface area (Å²) in [4.78, 5) is 18.2. The minimum Gasteiger partial charge on any atom is -0.383 e. The lowest BCUT2D eigenvalue weighted by Crippen LogP contribution is -2.03. The third-order valence-corrected chi connectivity index (χ3v) is 4.97. The monoisotopic (exact) mass is 393 g/mol. The first-order valence-electron chi connectivity index (χ1n) is 9.55. The summed E-state index contributed by atoms with van der Waals surface area (Å²) in [5, 5.41) is 0. The fourth-order valence-corrected chi connectivity index (χ4v) is 3.45. The van der Waals surface area contributed by atoms with Gasteiger partial charge in [0.2, 0.25) is 0 Å². The molecule has 0 fully saturated rings. The van der Waals surface area contributed by atoms with Crippen LogP contribution in [0.25, 0.3) is 39.5 Å². The molecule has 7 nitrogen and oxygen atoms in total. The Labute approximate surface area is 173 Å². The van der Waals surface area contributed by atoms with Gasteiger partial charge in [-0.3, -0.25) is 9.55 Å². The fourth-order valence-electron chi connectivity index (χ4n) is 3.45. The van der Waals surface area contributed by atoms with Gasteiger partial charge in [0, 0.05) is 36.4 Å². The predicted molar refractivity (Wildman–Crippen MR) is 118 cm³/mol. The van der Waals surface area contributed by atoms with Gasteiger partial charge in [-0.15, -0.1) is 0 Å². The van der Waals surface area contributed by atoms with Crippen molar-refractivity contribution in [1.82, 2.24) is 24.5 Å². The topological polar surface area (TPSA) is 109 Å². The third-order valence-electron chi connectivity index (χ3n) is 4.97. The lowest BCUT2D eigenvalue weighted by Gasteiger charge is -2.11. The summed E-state index contributed by atoms with van der Waals surface area (Å²) in [6, 6.07) is 19.6. The van der Waals surface area contributed by atoms with Crippen molar-refractivity contribution in [2.24, 2.45) is 5.73 Å². The number of pyridine rings is 3. The Morgan fingerprint density at radius 2 is 1.70 bits per heavy atom. The molecule has 0 saturated heterocycles. The quantitative estimate of drug-likeness (QED) is 0.483. The molecule has 4 aromatic heterocycles. The second-order valence-corrected chi connectivity index (χ2v) is 6.86. The second kappa shape index (κ2) is 7.38. The smallest absolute Gasteiger partial charge is 0.165 e. The lowest BCUT2D eigenvalue weighted by atomic mass is 10.2. The summed E-state index contributed by atoms with van der Waals surface area (Å²) >= 11 is 0. The van der Waals surface area contributed by atoms with E-state index in [-0.39, 0.29) is 0 Å². The Morgan fingerprint density at radius 3 is 2.43 bits per heavy atom. The highest BCUT2D eigenvalue weighted by molar-refractivity contribution is 5.84. The molecule has 0 aliphatic carbocycles. The minimum atomic E-state index is 0.417. The number of anilines is 1. The molecular formula is C23H19N7. The molecular weight excluding hydrogens is 374 g/mol. The van der Waals surface area contributed by atoms with Crippen LogP contribution in [-0.2, 0) is 6.54 Å². The molecule has 7 heteroatoms. The van der Waals surface area contributed by atoms with E-state index < -0.39 is 0 Å². The maximum Gasteiger partial charge on any atom is 0.165 e. The molecule has 0 spiro atoms. The number of nitrogens with zero attached hydrogens (tertiary/aromatic N) is 5. The van der Waals surface area contributed by atoms with Gasteiger partial charge in [-0.25, -0.2) is 15.0 Å². The number of imidazole rings is 1. The second-order valence-electron chi connectivity index (χ2n) is 6.86. The molecule has 30 heavy (non-hydrogen) atoms. The molecule has 0 unspecified atom stereocenters. The Hall–Kier alpha value is -4.10. The fraction of sp³-hybridized carbons (Fsp3) is 0.0435. The van der Waals surface area contributed by atoms with Gasteiger partial charge in [-0.2, -0.15) is 0 Å². The minimum absolute atomic E-state index is 0.417. The zero-order valence-electron chi connectivity index (χ0n) is 16.1. The molecule has 0 bridgehead atoms. The standard InChI is InChI=1S/C23H19N7/c24-13-15-5-7-17(8-6-15)30-22(18-4-2-12-27-21(18)25)29-20-10-9-19(28-23(20)30)16-3-1-11-26-14-16/h1-12,14H,13,24H2,(H2,25,27). The van der Waals surface area contributed by atoms with E-state index in [9.17, 15) is 0 Å². The van der Waals surface area contributed by atoms with Gasteiger partial charge in [0.25, 0.3) is 0 Å². The molecule has 1 aromatic carbocycles. The van der Waals surface area contributed by atoms with Gasteiger partial charge in [-0.05, 0) is 54.1 Å². The zero-order chi connectivity index (χ0) is 20.5. The van der Waals surface area contributed by atoms with E-state index in [4.69, 9.17) is 21.4 Å². The van der Waals surface area contributed by atoms with E-state index in [0.717, 1.165) is 39.2 Å². The number of nitrogen functional groups attached to an aromatic ring is 1. The van der Waals surface area contributed by atoms with Crippen LogP contribution in [0.2, 0.25) is 0 Å². The van der Waals surface area contributed by atoms with Crippen molar-refractivity contribution in [2.45, 2.75) is 6.54 Å². The van der Waals surface area contributed by atoms with E-state index in [1.807, 2.05) is 65.2 Å². The van der Waals surface area contributed by atoms with Gasteiger partial charge in [0.1, 0.15) is 11.3 Å². The Morgan fingerprint density at radius 1 is 0.867 bits per heavy atom. The van der Waals surface area contributed by atoms with Crippen LogP contribution < -0.4 is 11.5 Å². The average molecular weight is 393 g/mol. The van der Waals surface area contributed by atoms with Crippen molar-refractivity contribution < 1.29 is 0 Å². The summed E-state index contributed by atoms with van der Waals surface area (Å²) < 4.78 is 2.00. The molecule has 4 N–H and O–H groups in total. The molecule has 4 heterocycles. The third kappa shape index (κ3) is 3.07. The lowest BCUT2D eigenvalue weighted by molar-refractivity contribution is 1.05. The van der Waals surface area contributed by atoms with Crippen LogP contribution >= 0.6 is 0 Å². The normalized spacial score (nSPS) is 11.1. The molecule has 146 valence electrons. The summed E-state index contributed by atoms with van der Waals surface area (Å²) in [7, 11) is 0. The first kappa shape index (κ1) is 18.0. The van der Waals surface area contributed by atoms with Crippen molar-refractivity contribution in [2.75, 3.05) is 5.73 Å². The van der Waals surface area contributed by atoms with Gasteiger partial charge >= 0.3 is 0 Å². The largest absolute Gasteiger partial charge is 0.383 e. The highest BCUT2D eigenvalue weighted by atomic mass is 15.1. The van der Waals surface area contributed by atoms with Crippen molar-refractivity contribution in [3.8, 4) is 28.3 Å². The number of fused-ring (bicyclic) bond motifs is 1. The molecule has 5 rings (SSSR count). The van der Waals surface area contributed by atoms with Crippen molar-refractivity contribution in [1.29, 1.82) is 0 Å². The summed E-state index contributed by atoms with van der Waals surface area (Å²) in [6.07, 6.45) is 5.21. The van der Waals surface area contributed by atoms with Crippen molar-refractivity contribution >= 4 is 17.0 Å². The average Bonchev–Trinajstić information content (AvgIpc) is 3.18. The van der Waals surface area contributed by atoms with E-state index in [1.54, 1.807) is 18.6 Å². The Bertz CT molecular complexity index is 1330. The van der Waals surface area contributed by atoms with Crippen LogP contribution in [0.5, 0.6) is 0 Å². The van der Waals surface area contributed by atoms with Crippen LogP contribution in [0.15, 0.2) is 79.3 Å². The summed E-state index contributed by atoms with van der Waals surface area (Å²) in [5.41, 5.74) is 17.9.